The van der Waals surface area contributed by atoms with Crippen LogP contribution in [0.4, 0.5) is 0 Å². The summed E-state index contributed by atoms with van der Waals surface area (Å²) < 4.78 is 6.09. The number of aromatic nitrogens is 2. The third-order valence-electron chi connectivity index (χ3n) is 4.18. The van der Waals surface area contributed by atoms with E-state index in [1.165, 1.54) is 0 Å². The van der Waals surface area contributed by atoms with Crippen molar-refractivity contribution < 1.29 is 4.74 Å². The van der Waals surface area contributed by atoms with Gasteiger partial charge in [-0.15, -0.1) is 0 Å². The van der Waals surface area contributed by atoms with E-state index in [4.69, 9.17) is 4.74 Å². The SMILES string of the molecule is CN=C(NCc1ccnc(C)n1)NC1CC(C)(C)Oc2ccccc21. The highest BCUT2D eigenvalue weighted by atomic mass is 16.5. The lowest BCUT2D eigenvalue weighted by atomic mass is 9.90. The molecule has 2 heterocycles. The molecule has 6 heteroatoms. The molecule has 6 nitrogen and oxygen atoms in total. The maximum atomic E-state index is 6.09. The van der Waals surface area contributed by atoms with Crippen LogP contribution in [-0.4, -0.2) is 28.6 Å². The number of ether oxygens (including phenoxy) is 1. The van der Waals surface area contributed by atoms with Crippen molar-refractivity contribution in [3.8, 4) is 5.75 Å². The van der Waals surface area contributed by atoms with Crippen LogP contribution in [0.5, 0.6) is 5.75 Å². The molecule has 2 N–H and O–H groups in total. The van der Waals surface area contributed by atoms with Crippen molar-refractivity contribution in [2.45, 2.75) is 45.4 Å². The molecule has 0 radical (unpaired) electrons. The summed E-state index contributed by atoms with van der Waals surface area (Å²) in [5.41, 5.74) is 1.86. The molecule has 0 fully saturated rings. The van der Waals surface area contributed by atoms with Crippen molar-refractivity contribution in [2.24, 2.45) is 4.99 Å². The van der Waals surface area contributed by atoms with Crippen LogP contribution in [0.3, 0.4) is 0 Å². The summed E-state index contributed by atoms with van der Waals surface area (Å²) in [7, 11) is 1.77. The highest BCUT2D eigenvalue weighted by Crippen LogP contribution is 2.39. The zero-order valence-corrected chi connectivity index (χ0v) is 15.2. The predicted octanol–water partition coefficient (Wildman–Crippen LogP) is 2.75. The molecule has 1 aliphatic heterocycles. The molecule has 1 unspecified atom stereocenters. The fourth-order valence-corrected chi connectivity index (χ4v) is 3.07. The monoisotopic (exact) mass is 339 g/mol. The van der Waals surface area contributed by atoms with Gasteiger partial charge in [-0.3, -0.25) is 4.99 Å². The topological polar surface area (TPSA) is 71.4 Å². The highest BCUT2D eigenvalue weighted by Gasteiger charge is 2.33. The maximum Gasteiger partial charge on any atom is 0.191 e. The Labute approximate surface area is 148 Å². The van der Waals surface area contributed by atoms with Crippen molar-refractivity contribution >= 4 is 5.96 Å². The molecule has 2 aromatic rings. The Bertz CT molecular complexity index is 772. The Morgan fingerprint density at radius 1 is 1.32 bits per heavy atom. The van der Waals surface area contributed by atoms with Gasteiger partial charge in [0.1, 0.15) is 17.2 Å². The van der Waals surface area contributed by atoms with Crippen molar-refractivity contribution in [2.75, 3.05) is 7.05 Å². The molecule has 1 aromatic heterocycles. The van der Waals surface area contributed by atoms with E-state index >= 15 is 0 Å². The first-order chi connectivity index (χ1) is 12.0. The Morgan fingerprint density at radius 2 is 2.12 bits per heavy atom. The number of nitrogens with zero attached hydrogens (tertiary/aromatic N) is 3. The Balaban J connectivity index is 1.71. The van der Waals surface area contributed by atoms with Gasteiger partial charge in [-0.05, 0) is 32.9 Å². The maximum absolute atomic E-state index is 6.09. The van der Waals surface area contributed by atoms with Gasteiger partial charge in [-0.25, -0.2) is 9.97 Å². The fraction of sp³-hybridized carbons (Fsp3) is 0.421. The summed E-state index contributed by atoms with van der Waals surface area (Å²) in [5.74, 6) is 2.44. The van der Waals surface area contributed by atoms with E-state index in [-0.39, 0.29) is 11.6 Å². The lowest BCUT2D eigenvalue weighted by Gasteiger charge is -2.38. The van der Waals surface area contributed by atoms with Gasteiger partial charge < -0.3 is 15.4 Å². The van der Waals surface area contributed by atoms with Gasteiger partial charge in [0.15, 0.2) is 5.96 Å². The van der Waals surface area contributed by atoms with Gasteiger partial charge in [-0.2, -0.15) is 0 Å². The van der Waals surface area contributed by atoms with E-state index in [1.807, 2.05) is 31.2 Å². The summed E-state index contributed by atoms with van der Waals surface area (Å²) in [5, 5.41) is 6.84. The van der Waals surface area contributed by atoms with Gasteiger partial charge in [0.25, 0.3) is 0 Å². The van der Waals surface area contributed by atoms with Crippen LogP contribution in [0.15, 0.2) is 41.5 Å². The van der Waals surface area contributed by atoms with Gasteiger partial charge >= 0.3 is 0 Å². The second-order valence-corrected chi connectivity index (χ2v) is 6.82. The standard InChI is InChI=1S/C19H25N5O/c1-13-21-10-9-14(23-13)12-22-18(20-4)24-16-11-19(2,3)25-17-8-6-5-7-15(16)17/h5-10,16H,11-12H2,1-4H3,(H2,20,22,24). The second-order valence-electron chi connectivity index (χ2n) is 6.82. The molecule has 3 rings (SSSR count). The van der Waals surface area contributed by atoms with Crippen LogP contribution in [0.2, 0.25) is 0 Å². The smallest absolute Gasteiger partial charge is 0.191 e. The minimum atomic E-state index is -0.228. The number of rotatable bonds is 3. The molecule has 25 heavy (non-hydrogen) atoms. The quantitative estimate of drug-likeness (QED) is 0.665. The van der Waals surface area contributed by atoms with E-state index in [2.05, 4.69) is 45.5 Å². The van der Waals surface area contributed by atoms with Crippen LogP contribution < -0.4 is 15.4 Å². The molecule has 1 aliphatic rings. The van der Waals surface area contributed by atoms with Crippen molar-refractivity contribution in [3.05, 3.63) is 53.6 Å². The lowest BCUT2D eigenvalue weighted by Crippen LogP contribution is -2.45. The molecule has 0 bridgehead atoms. The number of guanidine groups is 1. The number of nitrogens with one attached hydrogen (secondary N) is 2. The van der Waals surface area contributed by atoms with E-state index < -0.39 is 0 Å². The van der Waals surface area contributed by atoms with Crippen LogP contribution in [0.1, 0.15) is 43.4 Å². The Morgan fingerprint density at radius 3 is 2.88 bits per heavy atom. The highest BCUT2D eigenvalue weighted by molar-refractivity contribution is 5.80. The van der Waals surface area contributed by atoms with Crippen LogP contribution in [-0.2, 0) is 6.54 Å². The van der Waals surface area contributed by atoms with Gasteiger partial charge in [0.05, 0.1) is 18.3 Å². The lowest BCUT2D eigenvalue weighted by molar-refractivity contribution is 0.0694. The zero-order valence-electron chi connectivity index (χ0n) is 15.2. The van der Waals surface area contributed by atoms with Crippen molar-refractivity contribution in [1.29, 1.82) is 0 Å². The summed E-state index contributed by atoms with van der Waals surface area (Å²) in [6, 6.07) is 10.2. The number of aliphatic imine (C=N–C) groups is 1. The first-order valence-electron chi connectivity index (χ1n) is 8.50. The van der Waals surface area contributed by atoms with Crippen molar-refractivity contribution in [3.63, 3.8) is 0 Å². The molecule has 0 amide bonds. The molecule has 0 aliphatic carbocycles. The molecular weight excluding hydrogens is 314 g/mol. The molecule has 132 valence electrons. The van der Waals surface area contributed by atoms with E-state index in [1.54, 1.807) is 13.2 Å². The van der Waals surface area contributed by atoms with E-state index in [0.717, 1.165) is 35.2 Å². The third kappa shape index (κ3) is 4.26. The molecule has 1 aromatic carbocycles. The fourth-order valence-electron chi connectivity index (χ4n) is 3.07. The van der Waals surface area contributed by atoms with Crippen molar-refractivity contribution in [1.82, 2.24) is 20.6 Å². The summed E-state index contributed by atoms with van der Waals surface area (Å²) in [6.07, 6.45) is 2.63. The first kappa shape index (κ1) is 17.2. The number of para-hydroxylation sites is 1. The first-order valence-corrected chi connectivity index (χ1v) is 8.50. The van der Waals surface area contributed by atoms with Gasteiger partial charge in [-0.1, -0.05) is 18.2 Å². The molecule has 0 spiro atoms. The van der Waals surface area contributed by atoms with E-state index in [0.29, 0.717) is 6.54 Å². The van der Waals surface area contributed by atoms with Crippen LogP contribution in [0, 0.1) is 6.92 Å². The Hall–Kier alpha value is -2.63. The molecule has 0 saturated carbocycles. The summed E-state index contributed by atoms with van der Waals surface area (Å²) in [6.45, 7) is 6.70. The third-order valence-corrected chi connectivity index (χ3v) is 4.18. The number of hydrogen-bond donors (Lipinski definition) is 2. The number of aryl methyl sites for hydroxylation is 1. The normalized spacial score (nSPS) is 18.9. The molecule has 1 atom stereocenters. The van der Waals surface area contributed by atoms with Gasteiger partial charge in [0.2, 0.25) is 0 Å². The zero-order chi connectivity index (χ0) is 17.9. The Kier molecular flexibility index (Phi) is 4.88. The molecule has 0 saturated heterocycles. The molecular formula is C19H25N5O. The summed E-state index contributed by atoms with van der Waals surface area (Å²) >= 11 is 0. The predicted molar refractivity (Wildman–Crippen MR) is 98.6 cm³/mol. The minimum Gasteiger partial charge on any atom is -0.487 e. The second kappa shape index (κ2) is 7.09. The van der Waals surface area contributed by atoms with Crippen LogP contribution >= 0.6 is 0 Å². The summed E-state index contributed by atoms with van der Waals surface area (Å²) in [4.78, 5) is 12.9. The van der Waals surface area contributed by atoms with Gasteiger partial charge in [0, 0.05) is 25.2 Å². The number of hydrogen-bond acceptors (Lipinski definition) is 4. The average Bonchev–Trinajstić information content (AvgIpc) is 2.57. The average molecular weight is 339 g/mol. The van der Waals surface area contributed by atoms with E-state index in [9.17, 15) is 0 Å². The number of benzene rings is 1. The minimum absolute atomic E-state index is 0.137. The largest absolute Gasteiger partial charge is 0.487 e. The number of fused-ring (bicyclic) bond motifs is 1. The van der Waals surface area contributed by atoms with Crippen LogP contribution in [0.25, 0.3) is 0 Å².